The average molecular weight is 463 g/mol. The van der Waals surface area contributed by atoms with Crippen LogP contribution in [0.2, 0.25) is 10.0 Å². The zero-order valence-corrected chi connectivity index (χ0v) is 18.5. The largest absolute Gasteiger partial charge is 0.280 e. The minimum Gasteiger partial charge on any atom is -0.280 e. The Hall–Kier alpha value is -2.12. The lowest BCUT2D eigenvalue weighted by Gasteiger charge is -2.12. The van der Waals surface area contributed by atoms with E-state index in [-0.39, 0.29) is 4.90 Å². The van der Waals surface area contributed by atoms with Gasteiger partial charge in [-0.3, -0.25) is 4.72 Å². The quantitative estimate of drug-likeness (QED) is 0.361. The number of anilines is 1. The molecule has 3 aromatic carbocycles. The third kappa shape index (κ3) is 4.12. The monoisotopic (exact) mass is 462 g/mol. The van der Waals surface area contributed by atoms with Crippen molar-refractivity contribution in [3.8, 4) is 10.6 Å². The molecule has 0 unspecified atom stereocenters. The number of halogens is 2. The van der Waals surface area contributed by atoms with Crippen molar-refractivity contribution in [2.45, 2.75) is 18.2 Å². The van der Waals surface area contributed by atoms with Crippen LogP contribution in [0, 0.1) is 0 Å². The van der Waals surface area contributed by atoms with E-state index in [9.17, 15) is 8.42 Å². The molecule has 0 aliphatic rings. The minimum absolute atomic E-state index is 0.269. The molecule has 0 radical (unpaired) electrons. The SMILES string of the molecule is CCc1ccccc1S(=O)(=O)Nc1ccc(-c2nc3ccc(Cl)cc3s2)c(Cl)c1. The van der Waals surface area contributed by atoms with Gasteiger partial charge in [0.1, 0.15) is 5.01 Å². The first-order valence-electron chi connectivity index (χ1n) is 8.84. The topological polar surface area (TPSA) is 59.1 Å². The maximum absolute atomic E-state index is 12.8. The fourth-order valence-electron chi connectivity index (χ4n) is 3.03. The summed E-state index contributed by atoms with van der Waals surface area (Å²) in [5.74, 6) is 0. The van der Waals surface area contributed by atoms with E-state index >= 15 is 0 Å². The second-order valence-corrected chi connectivity index (χ2v) is 9.92. The molecule has 0 bridgehead atoms. The van der Waals surface area contributed by atoms with Crippen LogP contribution in [-0.2, 0) is 16.4 Å². The molecule has 4 rings (SSSR count). The highest BCUT2D eigenvalue weighted by Gasteiger charge is 2.18. The number of aryl methyl sites for hydroxylation is 1. The molecule has 0 fully saturated rings. The van der Waals surface area contributed by atoms with Crippen LogP contribution in [0.15, 0.2) is 65.6 Å². The summed E-state index contributed by atoms with van der Waals surface area (Å²) >= 11 is 14.0. The second kappa shape index (κ2) is 7.95. The first-order chi connectivity index (χ1) is 13.9. The minimum atomic E-state index is -3.71. The molecule has 0 aliphatic heterocycles. The zero-order chi connectivity index (χ0) is 20.6. The number of fused-ring (bicyclic) bond motifs is 1. The number of rotatable bonds is 5. The molecular weight excluding hydrogens is 447 g/mol. The second-order valence-electron chi connectivity index (χ2n) is 6.39. The third-order valence-electron chi connectivity index (χ3n) is 4.45. The van der Waals surface area contributed by atoms with Crippen molar-refractivity contribution in [2.24, 2.45) is 0 Å². The van der Waals surface area contributed by atoms with Gasteiger partial charge in [-0.25, -0.2) is 13.4 Å². The van der Waals surface area contributed by atoms with E-state index in [4.69, 9.17) is 23.2 Å². The van der Waals surface area contributed by atoms with Crippen LogP contribution in [0.25, 0.3) is 20.8 Å². The lowest BCUT2D eigenvalue weighted by Crippen LogP contribution is -2.14. The number of aromatic nitrogens is 1. The maximum atomic E-state index is 12.8. The van der Waals surface area contributed by atoms with Crippen LogP contribution in [-0.4, -0.2) is 13.4 Å². The molecule has 0 saturated heterocycles. The molecule has 4 nitrogen and oxygen atoms in total. The average Bonchev–Trinajstić information content (AvgIpc) is 3.10. The highest BCUT2D eigenvalue weighted by atomic mass is 35.5. The molecule has 8 heteroatoms. The summed E-state index contributed by atoms with van der Waals surface area (Å²) in [4.78, 5) is 4.87. The van der Waals surface area contributed by atoms with Gasteiger partial charge in [0.05, 0.1) is 25.8 Å². The number of hydrogen-bond donors (Lipinski definition) is 1. The summed E-state index contributed by atoms with van der Waals surface area (Å²) in [6.07, 6.45) is 0.623. The van der Waals surface area contributed by atoms with Gasteiger partial charge in [-0.2, -0.15) is 0 Å². The van der Waals surface area contributed by atoms with Gasteiger partial charge in [0.25, 0.3) is 10.0 Å². The van der Waals surface area contributed by atoms with E-state index in [0.717, 1.165) is 26.4 Å². The maximum Gasteiger partial charge on any atom is 0.262 e. The fourth-order valence-corrected chi connectivity index (χ4v) is 6.00. The Bertz CT molecular complexity index is 1320. The number of hydrogen-bond acceptors (Lipinski definition) is 4. The van der Waals surface area contributed by atoms with Gasteiger partial charge in [0.15, 0.2) is 0 Å². The van der Waals surface area contributed by atoms with Gasteiger partial charge in [-0.05, 0) is 54.4 Å². The number of nitrogens with one attached hydrogen (secondary N) is 1. The van der Waals surface area contributed by atoms with Crippen molar-refractivity contribution in [2.75, 3.05) is 4.72 Å². The number of sulfonamides is 1. The first-order valence-corrected chi connectivity index (χ1v) is 11.9. The van der Waals surface area contributed by atoms with Gasteiger partial charge < -0.3 is 0 Å². The number of benzene rings is 3. The highest BCUT2D eigenvalue weighted by Crippen LogP contribution is 2.36. The molecular formula is C21H16Cl2N2O2S2. The zero-order valence-electron chi connectivity index (χ0n) is 15.3. The summed E-state index contributed by atoms with van der Waals surface area (Å²) in [5.41, 5.74) is 2.73. The Labute approximate surface area is 183 Å². The van der Waals surface area contributed by atoms with Crippen molar-refractivity contribution in [1.82, 2.24) is 4.98 Å². The fraction of sp³-hybridized carbons (Fsp3) is 0.0952. The normalized spacial score (nSPS) is 11.7. The molecule has 0 amide bonds. The standard InChI is InChI=1S/C21H16Cl2N2O2S2/c1-2-13-5-3-4-6-20(13)29(26,27)25-15-8-9-16(17(23)12-15)21-24-18-10-7-14(22)11-19(18)28-21/h3-12,25H,2H2,1H3. The third-order valence-corrected chi connectivity index (χ3v) is 7.53. The van der Waals surface area contributed by atoms with Crippen LogP contribution in [0.4, 0.5) is 5.69 Å². The Balaban J connectivity index is 1.66. The van der Waals surface area contributed by atoms with Gasteiger partial charge in [0.2, 0.25) is 0 Å². The molecule has 0 spiro atoms. The summed E-state index contributed by atoms with van der Waals surface area (Å²) in [7, 11) is -3.71. The van der Waals surface area contributed by atoms with Crippen molar-refractivity contribution in [3.05, 3.63) is 76.3 Å². The summed E-state index contributed by atoms with van der Waals surface area (Å²) in [5, 5.41) is 1.81. The van der Waals surface area contributed by atoms with Gasteiger partial charge in [0, 0.05) is 10.6 Å². The smallest absolute Gasteiger partial charge is 0.262 e. The van der Waals surface area contributed by atoms with Crippen LogP contribution in [0.5, 0.6) is 0 Å². The van der Waals surface area contributed by atoms with E-state index in [0.29, 0.717) is 22.2 Å². The predicted molar refractivity (Wildman–Crippen MR) is 122 cm³/mol. The lowest BCUT2D eigenvalue weighted by atomic mass is 10.2. The Morgan fingerprint density at radius 1 is 1.03 bits per heavy atom. The Morgan fingerprint density at radius 2 is 1.83 bits per heavy atom. The van der Waals surface area contributed by atoms with E-state index in [1.807, 2.05) is 31.2 Å². The molecule has 29 heavy (non-hydrogen) atoms. The molecule has 1 aromatic heterocycles. The lowest BCUT2D eigenvalue weighted by molar-refractivity contribution is 0.600. The van der Waals surface area contributed by atoms with Gasteiger partial charge in [-0.15, -0.1) is 11.3 Å². The highest BCUT2D eigenvalue weighted by molar-refractivity contribution is 7.92. The van der Waals surface area contributed by atoms with E-state index in [1.54, 1.807) is 36.4 Å². The summed E-state index contributed by atoms with van der Waals surface area (Å²) in [6, 6.07) is 17.5. The van der Waals surface area contributed by atoms with E-state index < -0.39 is 10.0 Å². The van der Waals surface area contributed by atoms with Crippen LogP contribution < -0.4 is 4.72 Å². The summed E-state index contributed by atoms with van der Waals surface area (Å²) < 4.78 is 29.2. The van der Waals surface area contributed by atoms with E-state index in [1.165, 1.54) is 11.3 Å². The molecule has 148 valence electrons. The van der Waals surface area contributed by atoms with Gasteiger partial charge in [-0.1, -0.05) is 48.3 Å². The summed E-state index contributed by atoms with van der Waals surface area (Å²) in [6.45, 7) is 1.92. The van der Waals surface area contributed by atoms with E-state index in [2.05, 4.69) is 9.71 Å². The first kappa shape index (κ1) is 20.2. The van der Waals surface area contributed by atoms with Crippen molar-refractivity contribution in [1.29, 1.82) is 0 Å². The molecule has 0 saturated carbocycles. The molecule has 0 aliphatic carbocycles. The van der Waals surface area contributed by atoms with Gasteiger partial charge >= 0.3 is 0 Å². The Kier molecular flexibility index (Phi) is 5.53. The van der Waals surface area contributed by atoms with Crippen LogP contribution in [0.1, 0.15) is 12.5 Å². The number of nitrogens with zero attached hydrogens (tertiary/aromatic N) is 1. The number of thiazole rings is 1. The van der Waals surface area contributed by atoms with Crippen LogP contribution >= 0.6 is 34.5 Å². The predicted octanol–water partition coefficient (Wildman–Crippen LogP) is 6.63. The molecule has 1 heterocycles. The molecule has 1 N–H and O–H groups in total. The molecule has 4 aromatic rings. The van der Waals surface area contributed by atoms with Crippen molar-refractivity contribution >= 4 is 60.5 Å². The van der Waals surface area contributed by atoms with Crippen molar-refractivity contribution in [3.63, 3.8) is 0 Å². The van der Waals surface area contributed by atoms with Crippen molar-refractivity contribution < 1.29 is 8.42 Å². The Morgan fingerprint density at radius 3 is 2.59 bits per heavy atom. The molecule has 0 atom stereocenters. The van der Waals surface area contributed by atoms with Crippen LogP contribution in [0.3, 0.4) is 0 Å².